The van der Waals surface area contributed by atoms with Gasteiger partial charge in [0.2, 0.25) is 0 Å². The first-order valence-electron chi connectivity index (χ1n) is 32.1. The van der Waals surface area contributed by atoms with E-state index in [1.54, 1.807) is 0 Å². The third kappa shape index (κ3) is 10.1. The van der Waals surface area contributed by atoms with E-state index in [9.17, 15) is 0 Å². The van der Waals surface area contributed by atoms with E-state index in [2.05, 4.69) is 322 Å². The van der Waals surface area contributed by atoms with Crippen LogP contribution in [0, 0.1) is 0 Å². The average Bonchev–Trinajstić information content (AvgIpc) is 1.48. The number of benzene rings is 9. The van der Waals surface area contributed by atoms with Crippen LogP contribution in [0.15, 0.2) is 176 Å². The quantitative estimate of drug-likeness (QED) is 0.154. The summed E-state index contributed by atoms with van der Waals surface area (Å²) in [6.45, 7) is 44.7. The number of nitrogens with zero attached hydrogens (tertiary/aromatic N) is 3. The summed E-state index contributed by atoms with van der Waals surface area (Å²) in [6.07, 6.45) is 2.37. The van der Waals surface area contributed by atoms with Crippen LogP contribution in [0.25, 0.3) is 42.4 Å². The average molecular weight is 1160 g/mol. The van der Waals surface area contributed by atoms with Crippen LogP contribution in [0.5, 0.6) is 0 Å². The van der Waals surface area contributed by atoms with E-state index >= 15 is 0 Å². The van der Waals surface area contributed by atoms with Gasteiger partial charge in [-0.25, -0.2) is 0 Å². The van der Waals surface area contributed by atoms with Crippen molar-refractivity contribution in [3.8, 4) is 22.3 Å². The number of thiophene rings is 1. The van der Waals surface area contributed by atoms with Crippen molar-refractivity contribution in [2.24, 2.45) is 0 Å². The molecule has 0 amide bonds. The molecule has 10 aromatic rings. The molecule has 0 bridgehead atoms. The molecule has 0 spiro atoms. The van der Waals surface area contributed by atoms with E-state index in [0.717, 1.165) is 17.1 Å². The molecule has 3 heterocycles. The van der Waals surface area contributed by atoms with Crippen LogP contribution >= 0.6 is 11.3 Å². The van der Waals surface area contributed by atoms with Crippen molar-refractivity contribution in [3.05, 3.63) is 215 Å². The number of fused-ring (bicyclic) bond motifs is 8. The van der Waals surface area contributed by atoms with Gasteiger partial charge >= 0.3 is 6.85 Å². The number of anilines is 8. The Bertz CT molecular complexity index is 4280. The lowest BCUT2D eigenvalue weighted by Crippen LogP contribution is -2.61. The second-order valence-corrected chi connectivity index (χ2v) is 33.3. The normalized spacial score (nSPS) is 15.6. The van der Waals surface area contributed by atoms with Gasteiger partial charge in [-0.05, 0) is 209 Å². The van der Waals surface area contributed by atoms with Crippen molar-refractivity contribution in [3.63, 3.8) is 0 Å². The van der Waals surface area contributed by atoms with Gasteiger partial charge in [0, 0.05) is 71.1 Å². The van der Waals surface area contributed by atoms with Crippen molar-refractivity contribution in [2.45, 2.75) is 182 Å². The van der Waals surface area contributed by atoms with Crippen LogP contribution in [0.4, 0.5) is 45.5 Å². The highest BCUT2D eigenvalue weighted by Gasteiger charge is 2.47. The minimum absolute atomic E-state index is 0.00905. The molecule has 3 nitrogen and oxygen atoms in total. The summed E-state index contributed by atoms with van der Waals surface area (Å²) < 4.78 is 2.71. The molecular formula is C82H90BN3S. The largest absolute Gasteiger partial charge is 0.376 e. The van der Waals surface area contributed by atoms with Crippen LogP contribution in [0.2, 0.25) is 0 Å². The molecule has 3 aliphatic rings. The van der Waals surface area contributed by atoms with E-state index < -0.39 is 0 Å². The Labute approximate surface area is 525 Å². The highest BCUT2D eigenvalue weighted by molar-refractivity contribution is 7.26. The van der Waals surface area contributed by atoms with Crippen LogP contribution in [0.3, 0.4) is 0 Å². The summed E-state index contributed by atoms with van der Waals surface area (Å²) in [5.74, 6) is 0. The van der Waals surface area contributed by atoms with Gasteiger partial charge in [0.15, 0.2) is 0 Å². The molecule has 0 N–H and O–H groups in total. The summed E-state index contributed by atoms with van der Waals surface area (Å²) in [5.41, 5.74) is 26.5. The van der Waals surface area contributed by atoms with Gasteiger partial charge in [0.05, 0.1) is 5.69 Å². The minimum Gasteiger partial charge on any atom is -0.376 e. The van der Waals surface area contributed by atoms with Gasteiger partial charge in [-0.2, -0.15) is 0 Å². The first-order chi connectivity index (χ1) is 40.8. The fraction of sp³-hybridized carbons (Fsp3) is 0.341. The van der Waals surface area contributed by atoms with Gasteiger partial charge < -0.3 is 14.6 Å². The van der Waals surface area contributed by atoms with Crippen molar-refractivity contribution < 1.29 is 0 Å². The molecular weight excluding hydrogens is 1070 g/mol. The molecule has 0 saturated carbocycles. The number of rotatable bonds is 6. The Hall–Kier alpha value is -7.34. The molecule has 2 aliphatic heterocycles. The maximum Gasteiger partial charge on any atom is 0.333 e. The highest BCUT2D eigenvalue weighted by Crippen LogP contribution is 2.55. The van der Waals surface area contributed by atoms with E-state index in [0.29, 0.717) is 0 Å². The summed E-state index contributed by atoms with van der Waals surface area (Å²) >= 11 is 1.98. The standard InChI is InChI=1S/C82H90BN3S/c1-76(2,3)52-25-32-57(33-26-52)84(58-34-27-53(28-35-58)77(4,5)6)60-38-40-70-68(46-60)83-75-65(44-56(80(13,14)15)45-72(75)85(70)69-39-31-55(79(10,11)12)43-61(69)51-23-21-20-22-24-51)62-47-63-64-48-66-67(82(18,19)42-41-81(66,16)17)49-73(64)87-74(63)50-71(62)86(83)59-36-29-54(30-37-59)78(7,8)9/h20-40,43-50H,41-42H2,1-19H3. The molecule has 0 radical (unpaired) electrons. The van der Waals surface area contributed by atoms with Crippen molar-refractivity contribution >= 4 is 94.8 Å². The van der Waals surface area contributed by atoms with E-state index in [1.807, 2.05) is 11.3 Å². The Balaban J connectivity index is 1.16. The molecule has 87 heavy (non-hydrogen) atoms. The van der Waals surface area contributed by atoms with Crippen molar-refractivity contribution in [1.82, 2.24) is 0 Å². The molecule has 5 heteroatoms. The number of hydrogen-bond acceptors (Lipinski definition) is 4. The van der Waals surface area contributed by atoms with E-state index in [4.69, 9.17) is 0 Å². The molecule has 0 unspecified atom stereocenters. The smallest absolute Gasteiger partial charge is 0.333 e. The lowest BCUT2D eigenvalue weighted by Gasteiger charge is -2.47. The second kappa shape index (κ2) is 20.1. The Morgan fingerprint density at radius 3 is 1.41 bits per heavy atom. The maximum atomic E-state index is 2.74. The fourth-order valence-electron chi connectivity index (χ4n) is 14.2. The maximum absolute atomic E-state index is 2.74. The van der Waals surface area contributed by atoms with E-state index in [-0.39, 0.29) is 44.8 Å². The number of hydrogen-bond donors (Lipinski definition) is 0. The van der Waals surface area contributed by atoms with Gasteiger partial charge in [-0.3, -0.25) is 0 Å². The summed E-state index contributed by atoms with van der Waals surface area (Å²) in [7, 11) is 0. The van der Waals surface area contributed by atoms with E-state index in [1.165, 1.54) is 134 Å². The second-order valence-electron chi connectivity index (χ2n) is 32.3. The van der Waals surface area contributed by atoms with Crippen molar-refractivity contribution in [2.75, 3.05) is 14.6 Å². The summed E-state index contributed by atoms with van der Waals surface area (Å²) in [6, 6.07) is 69.7. The zero-order valence-electron chi connectivity index (χ0n) is 55.5. The predicted octanol–water partition coefficient (Wildman–Crippen LogP) is 22.7. The van der Waals surface area contributed by atoms with Crippen LogP contribution in [-0.2, 0) is 37.9 Å². The molecule has 9 aromatic carbocycles. The fourth-order valence-corrected chi connectivity index (χ4v) is 15.4. The minimum atomic E-state index is -0.216. The van der Waals surface area contributed by atoms with Crippen LogP contribution in [0.1, 0.15) is 183 Å². The van der Waals surface area contributed by atoms with Crippen molar-refractivity contribution in [1.29, 1.82) is 0 Å². The zero-order valence-corrected chi connectivity index (χ0v) is 56.3. The lowest BCUT2D eigenvalue weighted by molar-refractivity contribution is 0.332. The highest BCUT2D eigenvalue weighted by atomic mass is 32.1. The molecule has 1 aromatic heterocycles. The monoisotopic (exact) mass is 1160 g/mol. The zero-order chi connectivity index (χ0) is 61.9. The third-order valence-corrected chi connectivity index (χ3v) is 21.0. The molecule has 13 rings (SSSR count). The third-order valence-electron chi connectivity index (χ3n) is 19.9. The lowest BCUT2D eigenvalue weighted by atomic mass is 9.43. The predicted molar refractivity (Wildman–Crippen MR) is 382 cm³/mol. The summed E-state index contributed by atoms with van der Waals surface area (Å²) in [5, 5.41) is 2.72. The molecule has 1 aliphatic carbocycles. The van der Waals surface area contributed by atoms with Gasteiger partial charge in [0.25, 0.3) is 0 Å². The van der Waals surface area contributed by atoms with Gasteiger partial charge in [0.1, 0.15) is 0 Å². The molecule has 0 fully saturated rings. The first-order valence-corrected chi connectivity index (χ1v) is 32.9. The SMILES string of the molecule is CC(C)(C)c1ccc(N2B3c4cc(N(c5ccc(C(C)(C)C)cc5)c5ccc(C(C)(C)C)cc5)ccc4N(c4ccc(C(C)(C)C)cc4-c4ccccc4)c4cc(C(C)(C)C)cc(c43)-c3cc4c(cc32)sc2cc3c(cc24)C(C)(C)CCC3(C)C)cc1. The van der Waals surface area contributed by atoms with Crippen LogP contribution < -0.4 is 25.5 Å². The molecule has 0 atom stereocenters. The van der Waals surface area contributed by atoms with Gasteiger partial charge in [-0.1, -0.05) is 210 Å². The first kappa shape index (κ1) is 58.7. The molecule has 0 saturated heterocycles. The Morgan fingerprint density at radius 1 is 0.391 bits per heavy atom. The Kier molecular flexibility index (Phi) is 13.6. The van der Waals surface area contributed by atoms with Crippen LogP contribution in [-0.4, -0.2) is 6.85 Å². The molecule has 442 valence electrons. The Morgan fingerprint density at radius 2 is 0.862 bits per heavy atom. The van der Waals surface area contributed by atoms with Gasteiger partial charge in [-0.15, -0.1) is 11.3 Å². The summed E-state index contributed by atoms with van der Waals surface area (Å²) in [4.78, 5) is 7.91. The topological polar surface area (TPSA) is 9.72 Å².